The summed E-state index contributed by atoms with van der Waals surface area (Å²) in [6.07, 6.45) is 0. The van der Waals surface area contributed by atoms with Gasteiger partial charge in [0.2, 0.25) is 5.90 Å². The highest BCUT2D eigenvalue weighted by Crippen LogP contribution is 2.22. The summed E-state index contributed by atoms with van der Waals surface area (Å²) in [5.41, 5.74) is 1.27. The zero-order valence-corrected chi connectivity index (χ0v) is 8.23. The molecule has 5 nitrogen and oxygen atoms in total. The lowest BCUT2D eigenvalue weighted by Crippen LogP contribution is -2.03. The molecule has 3 rings (SSSR count). The van der Waals surface area contributed by atoms with E-state index in [2.05, 4.69) is 9.73 Å². The number of rotatable bonds is 1. The van der Waals surface area contributed by atoms with E-state index in [4.69, 9.17) is 4.74 Å². The monoisotopic (exact) mass is 217 g/mol. The summed E-state index contributed by atoms with van der Waals surface area (Å²) in [4.78, 5) is 26.7. The zero-order chi connectivity index (χ0) is 11.1. The molecular formula is C11H7NO4. The van der Waals surface area contributed by atoms with Crippen molar-refractivity contribution in [3.63, 3.8) is 0 Å². The molecule has 16 heavy (non-hydrogen) atoms. The number of carbonyl (C=O) groups excluding carboxylic acids is 2. The van der Waals surface area contributed by atoms with E-state index in [0.717, 1.165) is 0 Å². The Morgan fingerprint density at radius 1 is 1.12 bits per heavy atom. The average Bonchev–Trinajstić information content (AvgIpc) is 2.88. The molecule has 0 bridgehead atoms. The Bertz CT molecular complexity index is 533. The van der Waals surface area contributed by atoms with Crippen LogP contribution in [-0.2, 0) is 9.47 Å². The van der Waals surface area contributed by atoms with E-state index in [0.29, 0.717) is 30.2 Å². The highest BCUT2D eigenvalue weighted by molar-refractivity contribution is 6.15. The van der Waals surface area contributed by atoms with Crippen molar-refractivity contribution in [2.75, 3.05) is 13.2 Å². The molecule has 1 aromatic carbocycles. The minimum atomic E-state index is -0.611. The van der Waals surface area contributed by atoms with Gasteiger partial charge >= 0.3 is 11.9 Å². The third-order valence-electron chi connectivity index (χ3n) is 2.48. The highest BCUT2D eigenvalue weighted by Gasteiger charge is 2.30. The van der Waals surface area contributed by atoms with Crippen molar-refractivity contribution in [3.05, 3.63) is 34.9 Å². The van der Waals surface area contributed by atoms with Gasteiger partial charge < -0.3 is 9.47 Å². The van der Waals surface area contributed by atoms with Crippen LogP contribution in [-0.4, -0.2) is 31.0 Å². The second kappa shape index (κ2) is 3.16. The lowest BCUT2D eigenvalue weighted by molar-refractivity contribution is 0.0444. The number of ether oxygens (including phenoxy) is 2. The number of nitrogens with zero attached hydrogens (tertiary/aromatic N) is 1. The quantitative estimate of drug-likeness (QED) is 0.515. The molecule has 2 heterocycles. The van der Waals surface area contributed by atoms with Gasteiger partial charge in [-0.15, -0.1) is 0 Å². The van der Waals surface area contributed by atoms with Gasteiger partial charge in [-0.3, -0.25) is 0 Å². The number of aliphatic imine (C=N–C) groups is 1. The number of cyclic esters (lactones) is 2. The molecule has 0 unspecified atom stereocenters. The smallest absolute Gasteiger partial charge is 0.346 e. The molecule has 0 N–H and O–H groups in total. The van der Waals surface area contributed by atoms with Gasteiger partial charge in [-0.1, -0.05) is 0 Å². The number of esters is 2. The highest BCUT2D eigenvalue weighted by atomic mass is 16.6. The van der Waals surface area contributed by atoms with Crippen LogP contribution in [0.4, 0.5) is 0 Å². The SMILES string of the molecule is O=C1OC(=O)c2cc(C3=NCCO3)ccc21. The van der Waals surface area contributed by atoms with Gasteiger partial charge in [0, 0.05) is 5.56 Å². The van der Waals surface area contributed by atoms with Gasteiger partial charge in [-0.25, -0.2) is 14.6 Å². The topological polar surface area (TPSA) is 65.0 Å². The van der Waals surface area contributed by atoms with Crippen molar-refractivity contribution >= 4 is 17.8 Å². The van der Waals surface area contributed by atoms with E-state index in [1.165, 1.54) is 0 Å². The molecule has 0 fully saturated rings. The van der Waals surface area contributed by atoms with Crippen molar-refractivity contribution in [2.24, 2.45) is 4.99 Å². The van der Waals surface area contributed by atoms with E-state index in [9.17, 15) is 9.59 Å². The predicted molar refractivity (Wildman–Crippen MR) is 53.5 cm³/mol. The van der Waals surface area contributed by atoms with E-state index in [1.54, 1.807) is 18.2 Å². The van der Waals surface area contributed by atoms with Crippen LogP contribution in [0.5, 0.6) is 0 Å². The number of fused-ring (bicyclic) bond motifs is 1. The summed E-state index contributed by atoms with van der Waals surface area (Å²) in [5.74, 6) is -0.698. The summed E-state index contributed by atoms with van der Waals surface area (Å²) in [6.45, 7) is 1.17. The molecule has 2 aliphatic heterocycles. The summed E-state index contributed by atoms with van der Waals surface area (Å²) >= 11 is 0. The van der Waals surface area contributed by atoms with E-state index in [-0.39, 0.29) is 5.56 Å². The molecular weight excluding hydrogens is 210 g/mol. The minimum Gasteiger partial charge on any atom is -0.476 e. The summed E-state index contributed by atoms with van der Waals surface area (Å²) in [6, 6.07) is 4.83. The first-order valence-electron chi connectivity index (χ1n) is 4.84. The molecule has 0 saturated carbocycles. The largest absolute Gasteiger partial charge is 0.476 e. The maximum absolute atomic E-state index is 11.3. The van der Waals surface area contributed by atoms with E-state index >= 15 is 0 Å². The summed E-state index contributed by atoms with van der Waals surface area (Å²) in [7, 11) is 0. The lowest BCUT2D eigenvalue weighted by Gasteiger charge is -2.01. The zero-order valence-electron chi connectivity index (χ0n) is 8.23. The summed E-state index contributed by atoms with van der Waals surface area (Å²) < 4.78 is 9.76. The molecule has 1 aromatic rings. The molecule has 0 aliphatic carbocycles. The van der Waals surface area contributed by atoms with Crippen molar-refractivity contribution in [1.82, 2.24) is 0 Å². The Labute approximate surface area is 90.7 Å². The molecule has 0 saturated heterocycles. The molecule has 0 aromatic heterocycles. The minimum absolute atomic E-state index is 0.278. The van der Waals surface area contributed by atoms with Crippen LogP contribution in [0.3, 0.4) is 0 Å². The Morgan fingerprint density at radius 3 is 2.69 bits per heavy atom. The Morgan fingerprint density at radius 2 is 1.94 bits per heavy atom. The first kappa shape index (κ1) is 9.08. The van der Waals surface area contributed by atoms with Gasteiger partial charge in [0.05, 0.1) is 17.7 Å². The Balaban J connectivity index is 2.09. The third-order valence-corrected chi connectivity index (χ3v) is 2.48. The standard InChI is InChI=1S/C11H7NO4/c13-10-7-2-1-6(9-12-3-4-15-9)5-8(7)11(14)16-10/h1-2,5H,3-4H2. The summed E-state index contributed by atoms with van der Waals surface area (Å²) in [5, 5.41) is 0. The molecule has 0 amide bonds. The number of hydrogen-bond acceptors (Lipinski definition) is 5. The van der Waals surface area contributed by atoms with E-state index in [1.807, 2.05) is 0 Å². The third kappa shape index (κ3) is 1.21. The van der Waals surface area contributed by atoms with Crippen LogP contribution in [0.1, 0.15) is 26.3 Å². The van der Waals surface area contributed by atoms with Gasteiger partial charge in [0.1, 0.15) is 6.61 Å². The van der Waals surface area contributed by atoms with E-state index < -0.39 is 11.9 Å². The van der Waals surface area contributed by atoms with Crippen molar-refractivity contribution in [2.45, 2.75) is 0 Å². The first-order chi connectivity index (χ1) is 7.75. The van der Waals surface area contributed by atoms with Crippen molar-refractivity contribution in [1.29, 1.82) is 0 Å². The maximum Gasteiger partial charge on any atom is 0.346 e. The molecule has 0 atom stereocenters. The second-order valence-corrected chi connectivity index (χ2v) is 3.47. The molecule has 5 heteroatoms. The van der Waals surface area contributed by atoms with Crippen molar-refractivity contribution < 1.29 is 19.1 Å². The second-order valence-electron chi connectivity index (χ2n) is 3.47. The van der Waals surface area contributed by atoms with Crippen LogP contribution in [0.15, 0.2) is 23.2 Å². The Hall–Kier alpha value is -2.17. The van der Waals surface area contributed by atoms with Gasteiger partial charge in [-0.05, 0) is 18.2 Å². The number of hydrogen-bond donors (Lipinski definition) is 0. The fourth-order valence-corrected chi connectivity index (χ4v) is 1.73. The Kier molecular flexibility index (Phi) is 1.80. The molecule has 0 radical (unpaired) electrons. The number of benzene rings is 1. The van der Waals surface area contributed by atoms with Crippen LogP contribution in [0, 0.1) is 0 Å². The normalized spacial score (nSPS) is 17.9. The molecule has 0 spiro atoms. The van der Waals surface area contributed by atoms with Crippen LogP contribution < -0.4 is 0 Å². The maximum atomic E-state index is 11.3. The van der Waals surface area contributed by atoms with Crippen molar-refractivity contribution in [3.8, 4) is 0 Å². The van der Waals surface area contributed by atoms with Crippen LogP contribution in [0.25, 0.3) is 0 Å². The first-order valence-corrected chi connectivity index (χ1v) is 4.84. The molecule has 2 aliphatic rings. The van der Waals surface area contributed by atoms with Crippen LogP contribution >= 0.6 is 0 Å². The predicted octanol–water partition coefficient (Wildman–Crippen LogP) is 0.774. The number of carbonyl (C=O) groups is 2. The average molecular weight is 217 g/mol. The lowest BCUT2D eigenvalue weighted by atomic mass is 10.1. The fourth-order valence-electron chi connectivity index (χ4n) is 1.73. The van der Waals surface area contributed by atoms with Gasteiger partial charge in [-0.2, -0.15) is 0 Å². The van der Waals surface area contributed by atoms with Crippen LogP contribution in [0.2, 0.25) is 0 Å². The van der Waals surface area contributed by atoms with Gasteiger partial charge in [0.15, 0.2) is 0 Å². The molecule has 80 valence electrons. The fraction of sp³-hybridized carbons (Fsp3) is 0.182. The van der Waals surface area contributed by atoms with Gasteiger partial charge in [0.25, 0.3) is 0 Å².